The largest absolute Gasteiger partial charge is 0.416 e. The molecule has 0 fully saturated rings. The van der Waals surface area contributed by atoms with Crippen molar-refractivity contribution in [1.29, 1.82) is 0 Å². The number of benzene rings is 1. The first-order valence-electron chi connectivity index (χ1n) is 6.94. The third-order valence-electron chi connectivity index (χ3n) is 3.36. The highest BCUT2D eigenvalue weighted by Gasteiger charge is 2.31. The summed E-state index contributed by atoms with van der Waals surface area (Å²) in [5.74, 6) is -0.998. The number of hydrogen-bond donors (Lipinski definition) is 3. The smallest absolute Gasteiger partial charge is 0.356 e. The lowest BCUT2D eigenvalue weighted by molar-refractivity contribution is -0.137. The molecule has 130 valence electrons. The van der Waals surface area contributed by atoms with Crippen LogP contribution in [0.4, 0.5) is 19.0 Å². The number of nitrogens with one attached hydrogen (secondary N) is 1. The lowest BCUT2D eigenvalue weighted by atomic mass is 10.0. The van der Waals surface area contributed by atoms with Gasteiger partial charge in [0.05, 0.1) is 5.56 Å². The van der Waals surface area contributed by atoms with E-state index in [1.165, 1.54) is 25.3 Å². The molecule has 3 N–H and O–H groups in total. The number of nitrogens with zero attached hydrogens (tertiary/aromatic N) is 1. The maximum absolute atomic E-state index is 12.9. The van der Waals surface area contributed by atoms with E-state index in [0.29, 0.717) is 16.7 Å². The predicted molar refractivity (Wildman–Crippen MR) is 84.5 cm³/mol. The maximum atomic E-state index is 12.9. The topological polar surface area (TPSA) is 82.5 Å². The maximum Gasteiger partial charge on any atom is 0.416 e. The summed E-state index contributed by atoms with van der Waals surface area (Å²) >= 11 is 0. The first kappa shape index (κ1) is 18.4. The molecule has 2 aromatic rings. The fourth-order valence-corrected chi connectivity index (χ4v) is 2.40. The minimum atomic E-state index is -4.45. The van der Waals surface area contributed by atoms with Gasteiger partial charge < -0.3 is 15.1 Å². The van der Waals surface area contributed by atoms with E-state index in [9.17, 15) is 17.7 Å². The molecule has 5 nitrogen and oxygen atoms in total. The van der Waals surface area contributed by atoms with Crippen LogP contribution in [0, 0.1) is 6.92 Å². The van der Waals surface area contributed by atoms with Crippen LogP contribution in [0.3, 0.4) is 0 Å². The average molecular weight is 360 g/mol. The predicted octanol–water partition coefficient (Wildman–Crippen LogP) is 4.01. The van der Waals surface area contributed by atoms with E-state index < -0.39 is 25.1 Å². The molecule has 24 heavy (non-hydrogen) atoms. The first-order chi connectivity index (χ1) is 11.0. The molecule has 0 bridgehead atoms. The minimum absolute atomic E-state index is 0.165. The molecule has 0 aliphatic heterocycles. The number of aryl methyl sites for hydroxylation is 1. The fourth-order valence-electron chi connectivity index (χ4n) is 2.10. The summed E-state index contributed by atoms with van der Waals surface area (Å²) in [6.45, 7) is 2.86. The standard InChI is InChI=1S/C15H16F3N2O3P/c1-9-5-12(7-13(6-9)15(16,17)18)11-3-4-19-14(8-11)20-10(2)24(21,22)23/h3-8,10H,1-2H3,(H,19,20)(H2,21,22,23). The van der Waals surface area contributed by atoms with Crippen molar-refractivity contribution in [3.63, 3.8) is 0 Å². The Hall–Kier alpha value is -1.89. The molecule has 1 unspecified atom stereocenters. The van der Waals surface area contributed by atoms with Crippen molar-refractivity contribution in [1.82, 2.24) is 4.98 Å². The molecule has 2 rings (SSSR count). The Morgan fingerprint density at radius 1 is 1.17 bits per heavy atom. The van der Waals surface area contributed by atoms with E-state index in [0.717, 1.165) is 12.1 Å². The van der Waals surface area contributed by atoms with Gasteiger partial charge in [0, 0.05) is 6.20 Å². The Bertz CT molecular complexity index is 790. The Morgan fingerprint density at radius 2 is 1.83 bits per heavy atom. The van der Waals surface area contributed by atoms with E-state index in [4.69, 9.17) is 9.79 Å². The second-order valence-corrected chi connectivity index (χ2v) is 7.38. The summed E-state index contributed by atoms with van der Waals surface area (Å²) in [6.07, 6.45) is -3.09. The number of alkyl halides is 3. The van der Waals surface area contributed by atoms with Crippen molar-refractivity contribution in [3.05, 3.63) is 47.7 Å². The molecule has 1 atom stereocenters. The van der Waals surface area contributed by atoms with Gasteiger partial charge in [0.1, 0.15) is 11.6 Å². The normalized spacial score (nSPS) is 13.6. The van der Waals surface area contributed by atoms with Crippen LogP contribution in [0.5, 0.6) is 0 Å². The molecular weight excluding hydrogens is 344 g/mol. The van der Waals surface area contributed by atoms with Gasteiger partial charge in [-0.3, -0.25) is 4.57 Å². The van der Waals surface area contributed by atoms with Gasteiger partial charge in [-0.25, -0.2) is 4.98 Å². The van der Waals surface area contributed by atoms with Crippen LogP contribution < -0.4 is 5.32 Å². The Morgan fingerprint density at radius 3 is 2.42 bits per heavy atom. The molecule has 0 radical (unpaired) electrons. The third-order valence-corrected chi connectivity index (χ3v) is 4.50. The number of halogens is 3. The number of hydrogen-bond acceptors (Lipinski definition) is 3. The summed E-state index contributed by atoms with van der Waals surface area (Å²) in [5.41, 5.74) is 0.498. The van der Waals surface area contributed by atoms with Crippen molar-refractivity contribution < 1.29 is 27.5 Å². The van der Waals surface area contributed by atoms with Crippen molar-refractivity contribution in [3.8, 4) is 11.1 Å². The number of rotatable bonds is 4. The van der Waals surface area contributed by atoms with E-state index in [1.807, 2.05) is 0 Å². The fraction of sp³-hybridized carbons (Fsp3) is 0.267. The first-order valence-corrected chi connectivity index (χ1v) is 8.62. The van der Waals surface area contributed by atoms with Crippen molar-refractivity contribution in [2.24, 2.45) is 0 Å². The molecule has 0 saturated heterocycles. The van der Waals surface area contributed by atoms with Gasteiger partial charge >= 0.3 is 13.8 Å². The van der Waals surface area contributed by atoms with E-state index in [1.54, 1.807) is 13.0 Å². The lowest BCUT2D eigenvalue weighted by Crippen LogP contribution is -2.16. The van der Waals surface area contributed by atoms with Crippen LogP contribution in [-0.4, -0.2) is 20.6 Å². The van der Waals surface area contributed by atoms with Gasteiger partial charge in [0.2, 0.25) is 0 Å². The molecule has 0 saturated carbocycles. The molecule has 0 aliphatic rings. The van der Waals surface area contributed by atoms with Crippen molar-refractivity contribution in [2.75, 3.05) is 5.32 Å². The summed E-state index contributed by atoms with van der Waals surface area (Å²) in [7, 11) is -4.35. The average Bonchev–Trinajstić information content (AvgIpc) is 2.45. The molecule has 0 spiro atoms. The van der Waals surface area contributed by atoms with Crippen molar-refractivity contribution >= 4 is 13.4 Å². The van der Waals surface area contributed by atoms with Crippen LogP contribution in [0.1, 0.15) is 18.1 Å². The highest BCUT2D eigenvalue weighted by atomic mass is 31.2. The van der Waals surface area contributed by atoms with Crippen LogP contribution >= 0.6 is 7.60 Å². The van der Waals surface area contributed by atoms with E-state index >= 15 is 0 Å². The Labute approximate surface area is 136 Å². The zero-order chi connectivity index (χ0) is 18.1. The minimum Gasteiger partial charge on any atom is -0.356 e. The molecule has 0 aliphatic carbocycles. The number of aromatic nitrogens is 1. The monoisotopic (exact) mass is 360 g/mol. The Kier molecular flexibility index (Phi) is 5.03. The van der Waals surface area contributed by atoms with Crippen LogP contribution in [0.25, 0.3) is 11.1 Å². The quantitative estimate of drug-likeness (QED) is 0.718. The molecule has 1 heterocycles. The second-order valence-electron chi connectivity index (χ2n) is 5.42. The van der Waals surface area contributed by atoms with Gasteiger partial charge in [-0.1, -0.05) is 6.07 Å². The van der Waals surface area contributed by atoms with Gasteiger partial charge in [0.25, 0.3) is 0 Å². The van der Waals surface area contributed by atoms with Gasteiger partial charge in [-0.05, 0) is 54.8 Å². The van der Waals surface area contributed by atoms with Gasteiger partial charge in [0.15, 0.2) is 0 Å². The third kappa shape index (κ3) is 4.56. The summed E-state index contributed by atoms with van der Waals surface area (Å²) in [5, 5.41) is 2.55. The van der Waals surface area contributed by atoms with Crippen LogP contribution in [0.2, 0.25) is 0 Å². The molecule has 9 heteroatoms. The molecular formula is C15H16F3N2O3P. The summed E-state index contributed by atoms with van der Waals surface area (Å²) < 4.78 is 50.0. The second kappa shape index (κ2) is 6.55. The molecule has 1 aromatic carbocycles. The molecule has 1 aromatic heterocycles. The molecule has 0 amide bonds. The van der Waals surface area contributed by atoms with E-state index in [2.05, 4.69) is 10.3 Å². The summed E-state index contributed by atoms with van der Waals surface area (Å²) in [4.78, 5) is 22.1. The zero-order valence-electron chi connectivity index (χ0n) is 12.9. The summed E-state index contributed by atoms with van der Waals surface area (Å²) in [6, 6.07) is 6.66. The van der Waals surface area contributed by atoms with Crippen molar-refractivity contribution in [2.45, 2.75) is 25.8 Å². The SMILES string of the molecule is Cc1cc(-c2ccnc(NC(C)P(=O)(O)O)c2)cc(C(F)(F)F)c1. The zero-order valence-corrected chi connectivity index (χ0v) is 13.8. The van der Waals surface area contributed by atoms with Gasteiger partial charge in [-0.15, -0.1) is 0 Å². The lowest BCUT2D eigenvalue weighted by Gasteiger charge is -2.16. The number of anilines is 1. The van der Waals surface area contributed by atoms with Gasteiger partial charge in [-0.2, -0.15) is 13.2 Å². The highest BCUT2D eigenvalue weighted by Crippen LogP contribution is 2.41. The van der Waals surface area contributed by atoms with E-state index in [-0.39, 0.29) is 5.82 Å². The van der Waals surface area contributed by atoms with Crippen LogP contribution in [-0.2, 0) is 10.7 Å². The highest BCUT2D eigenvalue weighted by molar-refractivity contribution is 7.52. The van der Waals surface area contributed by atoms with Crippen LogP contribution in [0.15, 0.2) is 36.5 Å². The Balaban J connectivity index is 2.39. The number of pyridine rings is 1.